The summed E-state index contributed by atoms with van der Waals surface area (Å²) in [6, 6.07) is 9.53. The van der Waals surface area contributed by atoms with Crippen LogP contribution < -0.4 is 10.2 Å². The summed E-state index contributed by atoms with van der Waals surface area (Å²) in [5.41, 5.74) is 0.696. The van der Waals surface area contributed by atoms with Crippen molar-refractivity contribution in [1.29, 1.82) is 0 Å². The van der Waals surface area contributed by atoms with Gasteiger partial charge in [-0.2, -0.15) is 0 Å². The monoisotopic (exact) mass is 273 g/mol. The van der Waals surface area contributed by atoms with Crippen molar-refractivity contribution in [2.75, 3.05) is 4.90 Å². The molecule has 2 aliphatic rings. The second kappa shape index (κ2) is 5.75. The molecule has 0 radical (unpaired) electrons. The van der Waals surface area contributed by atoms with E-state index in [1.165, 1.54) is 37.0 Å². The molecule has 2 fully saturated rings. The van der Waals surface area contributed by atoms with Crippen LogP contribution in [0.25, 0.3) is 0 Å². The van der Waals surface area contributed by atoms with Gasteiger partial charge in [0, 0.05) is 0 Å². The summed E-state index contributed by atoms with van der Waals surface area (Å²) in [6.07, 6.45) is 6.48. The van der Waals surface area contributed by atoms with Gasteiger partial charge in [-0.05, 0) is 37.8 Å². The molecule has 4 heteroatoms. The van der Waals surface area contributed by atoms with Crippen LogP contribution in [0.15, 0.2) is 30.3 Å². The molecule has 1 atom stereocenters. The zero-order chi connectivity index (χ0) is 13.9. The van der Waals surface area contributed by atoms with Gasteiger partial charge < -0.3 is 5.32 Å². The number of carbonyl (C=O) groups excluding carboxylic acids is 2. The van der Waals surface area contributed by atoms with Gasteiger partial charge in [-0.15, -0.1) is 0 Å². The minimum Gasteiger partial charge on any atom is -0.333 e. The predicted molar refractivity (Wildman–Crippen MR) is 76.1 cm³/mol. The average Bonchev–Trinajstić information content (AvgIpc) is 2.75. The van der Waals surface area contributed by atoms with Crippen molar-refractivity contribution >= 4 is 17.5 Å². The molecule has 1 aromatic carbocycles. The van der Waals surface area contributed by atoms with Crippen LogP contribution in [0.5, 0.6) is 0 Å². The van der Waals surface area contributed by atoms with Gasteiger partial charge in [-0.1, -0.05) is 24.6 Å². The first-order valence-electron chi connectivity index (χ1n) is 7.52. The molecule has 0 aromatic heterocycles. The molecular weight excluding hydrogens is 252 g/mol. The highest BCUT2D eigenvalue weighted by molar-refractivity contribution is 6.21. The largest absolute Gasteiger partial charge is 0.333 e. The van der Waals surface area contributed by atoms with Crippen molar-refractivity contribution in [2.45, 2.75) is 50.6 Å². The number of amides is 2. The molecule has 1 saturated heterocycles. The standard InChI is InChI=1S/C16H20N2O2/c19-15-11-14(17-12-7-3-1-4-8-12)16(20)18(15)13-9-5-2-6-10-13/h2,5-6,9-10,12,14,17H,1,3-4,7-8,11H2/p+1. The molecular formula is C16H21N2O2+. The second-order valence-corrected chi connectivity index (χ2v) is 5.80. The van der Waals surface area contributed by atoms with E-state index in [-0.39, 0.29) is 17.9 Å². The maximum Gasteiger partial charge on any atom is 0.292 e. The van der Waals surface area contributed by atoms with E-state index in [4.69, 9.17) is 0 Å². The quantitative estimate of drug-likeness (QED) is 0.842. The number of imide groups is 1. The number of hydrogen-bond acceptors (Lipinski definition) is 2. The van der Waals surface area contributed by atoms with Crippen LogP contribution in [-0.2, 0) is 9.59 Å². The SMILES string of the molecule is O=C1CC([NH2+]C2CCCCC2)C(=O)N1c1ccccc1. The van der Waals surface area contributed by atoms with E-state index >= 15 is 0 Å². The molecule has 1 saturated carbocycles. The van der Waals surface area contributed by atoms with Crippen LogP contribution in [0.3, 0.4) is 0 Å². The van der Waals surface area contributed by atoms with Crippen molar-refractivity contribution in [2.24, 2.45) is 0 Å². The first-order valence-corrected chi connectivity index (χ1v) is 7.52. The third-order valence-electron chi connectivity index (χ3n) is 4.35. The fraction of sp³-hybridized carbons (Fsp3) is 0.500. The summed E-state index contributed by atoms with van der Waals surface area (Å²) in [5, 5.41) is 2.14. The van der Waals surface area contributed by atoms with Crippen molar-refractivity contribution in [1.82, 2.24) is 0 Å². The number of carbonyl (C=O) groups is 2. The van der Waals surface area contributed by atoms with Crippen LogP contribution in [0.4, 0.5) is 5.69 Å². The Bertz CT molecular complexity index is 494. The second-order valence-electron chi connectivity index (χ2n) is 5.80. The first kappa shape index (κ1) is 13.3. The summed E-state index contributed by atoms with van der Waals surface area (Å²) in [7, 11) is 0. The van der Waals surface area contributed by atoms with E-state index < -0.39 is 0 Å². The van der Waals surface area contributed by atoms with Gasteiger partial charge in [0.25, 0.3) is 5.91 Å². The Morgan fingerprint density at radius 2 is 1.70 bits per heavy atom. The van der Waals surface area contributed by atoms with Crippen molar-refractivity contribution < 1.29 is 14.9 Å². The third kappa shape index (κ3) is 2.61. The first-order chi connectivity index (χ1) is 9.75. The third-order valence-corrected chi connectivity index (χ3v) is 4.35. The molecule has 3 rings (SSSR count). The Hall–Kier alpha value is -1.68. The number of anilines is 1. The van der Waals surface area contributed by atoms with E-state index in [9.17, 15) is 9.59 Å². The lowest BCUT2D eigenvalue weighted by atomic mass is 9.95. The highest BCUT2D eigenvalue weighted by atomic mass is 16.2. The zero-order valence-corrected chi connectivity index (χ0v) is 11.6. The number of hydrogen-bond donors (Lipinski definition) is 1. The highest BCUT2D eigenvalue weighted by Crippen LogP contribution is 2.22. The molecule has 20 heavy (non-hydrogen) atoms. The Morgan fingerprint density at radius 1 is 1.00 bits per heavy atom. The lowest BCUT2D eigenvalue weighted by Gasteiger charge is -2.22. The molecule has 106 valence electrons. The van der Waals surface area contributed by atoms with E-state index in [2.05, 4.69) is 5.32 Å². The molecule has 1 unspecified atom stereocenters. The summed E-state index contributed by atoms with van der Waals surface area (Å²) in [6.45, 7) is 0. The van der Waals surface area contributed by atoms with Gasteiger partial charge in [0.15, 0.2) is 6.04 Å². The molecule has 0 bridgehead atoms. The summed E-state index contributed by atoms with van der Waals surface area (Å²) < 4.78 is 0. The summed E-state index contributed by atoms with van der Waals surface area (Å²) >= 11 is 0. The fourth-order valence-corrected chi connectivity index (χ4v) is 3.31. The van der Waals surface area contributed by atoms with Gasteiger partial charge in [0.05, 0.1) is 18.2 Å². The summed E-state index contributed by atoms with van der Waals surface area (Å²) in [4.78, 5) is 25.9. The lowest BCUT2D eigenvalue weighted by Crippen LogP contribution is -2.96. The highest BCUT2D eigenvalue weighted by Gasteiger charge is 2.43. The van der Waals surface area contributed by atoms with Crippen LogP contribution in [0.2, 0.25) is 0 Å². The zero-order valence-electron chi connectivity index (χ0n) is 11.6. The minimum atomic E-state index is -0.217. The van der Waals surface area contributed by atoms with Gasteiger partial charge in [-0.25, -0.2) is 4.90 Å². The van der Waals surface area contributed by atoms with Crippen molar-refractivity contribution in [3.05, 3.63) is 30.3 Å². The molecule has 1 heterocycles. The van der Waals surface area contributed by atoms with Crippen molar-refractivity contribution in [3.63, 3.8) is 0 Å². The van der Waals surface area contributed by atoms with Gasteiger partial charge in [0.1, 0.15) is 0 Å². The van der Waals surface area contributed by atoms with E-state index in [0.29, 0.717) is 18.2 Å². The van der Waals surface area contributed by atoms with Gasteiger partial charge in [0.2, 0.25) is 5.91 Å². The predicted octanol–water partition coefficient (Wildman–Crippen LogP) is 1.21. The maximum atomic E-state index is 12.5. The molecule has 4 nitrogen and oxygen atoms in total. The number of nitrogens with zero attached hydrogens (tertiary/aromatic N) is 1. The van der Waals surface area contributed by atoms with Crippen LogP contribution in [0.1, 0.15) is 38.5 Å². The molecule has 2 amide bonds. The van der Waals surface area contributed by atoms with Crippen LogP contribution in [-0.4, -0.2) is 23.9 Å². The number of quaternary nitrogens is 1. The lowest BCUT2D eigenvalue weighted by molar-refractivity contribution is -0.710. The summed E-state index contributed by atoms with van der Waals surface area (Å²) in [5.74, 6) is -0.120. The van der Waals surface area contributed by atoms with Gasteiger partial charge >= 0.3 is 0 Å². The Morgan fingerprint density at radius 3 is 2.40 bits per heavy atom. The van der Waals surface area contributed by atoms with Crippen LogP contribution in [0, 0.1) is 0 Å². The molecule has 0 spiro atoms. The van der Waals surface area contributed by atoms with E-state index in [1.807, 2.05) is 30.3 Å². The Balaban J connectivity index is 1.70. The minimum absolute atomic E-state index is 0.0493. The van der Waals surface area contributed by atoms with E-state index in [0.717, 1.165) is 0 Å². The molecule has 1 aromatic rings. The molecule has 1 aliphatic carbocycles. The van der Waals surface area contributed by atoms with E-state index in [1.54, 1.807) is 0 Å². The topological polar surface area (TPSA) is 54.0 Å². The normalized spacial score (nSPS) is 24.4. The Kier molecular flexibility index (Phi) is 3.83. The van der Waals surface area contributed by atoms with Gasteiger partial charge in [-0.3, -0.25) is 9.59 Å². The number of nitrogens with two attached hydrogens (primary N) is 1. The molecule has 2 N–H and O–H groups in total. The Labute approximate surface area is 119 Å². The smallest absolute Gasteiger partial charge is 0.292 e. The number of para-hydroxylation sites is 1. The maximum absolute atomic E-state index is 12.5. The molecule has 1 aliphatic heterocycles. The van der Waals surface area contributed by atoms with Crippen molar-refractivity contribution in [3.8, 4) is 0 Å². The van der Waals surface area contributed by atoms with Crippen LogP contribution >= 0.6 is 0 Å². The number of benzene rings is 1. The fourth-order valence-electron chi connectivity index (χ4n) is 3.31. The average molecular weight is 273 g/mol. The number of rotatable bonds is 3.